The average Bonchev–Trinajstić information content (AvgIpc) is 2.63. The van der Waals surface area contributed by atoms with Gasteiger partial charge in [-0.15, -0.1) is 0 Å². The van der Waals surface area contributed by atoms with Crippen LogP contribution in [0.15, 0.2) is 23.3 Å². The van der Waals surface area contributed by atoms with E-state index in [0.717, 1.165) is 6.42 Å². The van der Waals surface area contributed by atoms with Crippen LogP contribution in [0.1, 0.15) is 47.5 Å². The number of carbonyl (C=O) groups is 2. The van der Waals surface area contributed by atoms with Crippen molar-refractivity contribution in [2.24, 2.45) is 17.8 Å². The van der Waals surface area contributed by atoms with E-state index in [1.807, 2.05) is 33.8 Å². The van der Waals surface area contributed by atoms with Crippen molar-refractivity contribution in [2.75, 3.05) is 13.2 Å². The van der Waals surface area contributed by atoms with Gasteiger partial charge in [0.15, 0.2) is 0 Å². The second kappa shape index (κ2) is 8.76. The van der Waals surface area contributed by atoms with Crippen molar-refractivity contribution >= 4 is 11.9 Å². The molecular formula is C18H28O4. The molecule has 0 fully saturated rings. The van der Waals surface area contributed by atoms with Gasteiger partial charge in [-0.3, -0.25) is 0 Å². The topological polar surface area (TPSA) is 52.6 Å². The summed E-state index contributed by atoms with van der Waals surface area (Å²) in [4.78, 5) is 24.6. The number of hydrogen-bond acceptors (Lipinski definition) is 4. The third-order valence-electron chi connectivity index (χ3n) is 3.26. The normalized spacial score (nSPS) is 18.6. The van der Waals surface area contributed by atoms with Crippen molar-refractivity contribution in [3.63, 3.8) is 0 Å². The van der Waals surface area contributed by atoms with Gasteiger partial charge < -0.3 is 9.47 Å². The van der Waals surface area contributed by atoms with Crippen molar-refractivity contribution in [1.29, 1.82) is 0 Å². The van der Waals surface area contributed by atoms with E-state index in [4.69, 9.17) is 9.47 Å². The predicted octanol–water partition coefficient (Wildman–Crippen LogP) is 3.67. The van der Waals surface area contributed by atoms with Gasteiger partial charge in [0.2, 0.25) is 0 Å². The second-order valence-electron chi connectivity index (χ2n) is 6.82. The Morgan fingerprint density at radius 3 is 2.18 bits per heavy atom. The van der Waals surface area contributed by atoms with Gasteiger partial charge in [0.25, 0.3) is 0 Å². The molecule has 4 heteroatoms. The molecule has 124 valence electrons. The molecular weight excluding hydrogens is 280 g/mol. The molecule has 1 unspecified atom stereocenters. The third kappa shape index (κ3) is 6.04. The smallest absolute Gasteiger partial charge is 0.338 e. The molecule has 0 spiro atoms. The first-order valence-electron chi connectivity index (χ1n) is 8.05. The van der Waals surface area contributed by atoms with Crippen LogP contribution in [0.4, 0.5) is 0 Å². The largest absolute Gasteiger partial charge is 0.462 e. The lowest BCUT2D eigenvalue weighted by molar-refractivity contribution is -0.143. The van der Waals surface area contributed by atoms with Gasteiger partial charge >= 0.3 is 11.9 Å². The summed E-state index contributed by atoms with van der Waals surface area (Å²) in [7, 11) is 0. The molecule has 0 radical (unpaired) electrons. The standard InChI is InChI=1S/C18H28O4/c1-12(2)10-21-17(19)15-8-6-7-14(5)9-16(15)18(20)22-11-13(3)4/h6,8,12-14H,7,9-11H2,1-5H3. The molecule has 0 aromatic heterocycles. The van der Waals surface area contributed by atoms with E-state index in [2.05, 4.69) is 6.92 Å². The first kappa shape index (κ1) is 18.5. The van der Waals surface area contributed by atoms with Gasteiger partial charge in [-0.25, -0.2) is 9.59 Å². The van der Waals surface area contributed by atoms with E-state index < -0.39 is 11.9 Å². The lowest BCUT2D eigenvalue weighted by Crippen LogP contribution is -2.19. The van der Waals surface area contributed by atoms with E-state index in [-0.39, 0.29) is 11.8 Å². The van der Waals surface area contributed by atoms with Crippen molar-refractivity contribution in [2.45, 2.75) is 47.5 Å². The Morgan fingerprint density at radius 2 is 1.64 bits per heavy atom. The van der Waals surface area contributed by atoms with E-state index in [0.29, 0.717) is 36.7 Å². The quantitative estimate of drug-likeness (QED) is 0.703. The molecule has 1 atom stereocenters. The number of hydrogen-bond donors (Lipinski definition) is 0. The zero-order valence-corrected chi connectivity index (χ0v) is 14.3. The molecule has 0 aromatic carbocycles. The minimum absolute atomic E-state index is 0.259. The molecule has 0 amide bonds. The highest BCUT2D eigenvalue weighted by molar-refractivity contribution is 6.02. The van der Waals surface area contributed by atoms with E-state index in [1.165, 1.54) is 0 Å². The van der Waals surface area contributed by atoms with Crippen LogP contribution >= 0.6 is 0 Å². The number of allylic oxidation sites excluding steroid dienone is 1. The molecule has 0 bridgehead atoms. The summed E-state index contributed by atoms with van der Waals surface area (Å²) in [6.07, 6.45) is 5.01. The molecule has 4 nitrogen and oxygen atoms in total. The maximum atomic E-state index is 12.3. The van der Waals surface area contributed by atoms with Gasteiger partial charge in [0.05, 0.1) is 24.4 Å². The van der Waals surface area contributed by atoms with Crippen LogP contribution in [0, 0.1) is 17.8 Å². The molecule has 0 saturated heterocycles. The molecule has 22 heavy (non-hydrogen) atoms. The third-order valence-corrected chi connectivity index (χ3v) is 3.26. The SMILES string of the molecule is CC(C)COC(=O)C1=C(C(=O)OCC(C)C)CC(C)CC=C1. The van der Waals surface area contributed by atoms with E-state index in [1.54, 1.807) is 6.08 Å². The summed E-state index contributed by atoms with van der Waals surface area (Å²) < 4.78 is 10.6. The summed E-state index contributed by atoms with van der Waals surface area (Å²) in [5.74, 6) is -0.0124. The van der Waals surface area contributed by atoms with Crippen LogP contribution in [-0.4, -0.2) is 25.2 Å². The molecule has 0 aromatic rings. The Labute approximate surface area is 133 Å². The van der Waals surface area contributed by atoms with E-state index >= 15 is 0 Å². The van der Waals surface area contributed by atoms with Crippen LogP contribution < -0.4 is 0 Å². The first-order chi connectivity index (χ1) is 10.3. The zero-order valence-electron chi connectivity index (χ0n) is 14.3. The monoisotopic (exact) mass is 308 g/mol. The van der Waals surface area contributed by atoms with Crippen molar-refractivity contribution < 1.29 is 19.1 Å². The summed E-state index contributed by atoms with van der Waals surface area (Å²) in [5, 5.41) is 0. The van der Waals surface area contributed by atoms with Gasteiger partial charge in [-0.1, -0.05) is 46.8 Å². The van der Waals surface area contributed by atoms with E-state index in [9.17, 15) is 9.59 Å². The lowest BCUT2D eigenvalue weighted by Gasteiger charge is -2.15. The van der Waals surface area contributed by atoms with Gasteiger partial charge in [0.1, 0.15) is 0 Å². The molecule has 1 rings (SSSR count). The van der Waals surface area contributed by atoms with Gasteiger partial charge in [-0.2, -0.15) is 0 Å². The fourth-order valence-corrected chi connectivity index (χ4v) is 2.09. The van der Waals surface area contributed by atoms with Crippen molar-refractivity contribution in [3.05, 3.63) is 23.3 Å². The summed E-state index contributed by atoms with van der Waals surface area (Å²) >= 11 is 0. The lowest BCUT2D eigenvalue weighted by atomic mass is 9.97. The molecule has 0 saturated carbocycles. The van der Waals surface area contributed by atoms with Crippen LogP contribution in [0.2, 0.25) is 0 Å². The summed E-state index contributed by atoms with van der Waals surface area (Å²) in [6, 6.07) is 0. The number of rotatable bonds is 6. The highest BCUT2D eigenvalue weighted by Crippen LogP contribution is 2.25. The van der Waals surface area contributed by atoms with Gasteiger partial charge in [-0.05, 0) is 30.6 Å². The Morgan fingerprint density at radius 1 is 1.09 bits per heavy atom. The summed E-state index contributed by atoms with van der Waals surface area (Å²) in [6.45, 7) is 10.7. The molecule has 0 N–H and O–H groups in total. The highest BCUT2D eigenvalue weighted by Gasteiger charge is 2.25. The Bertz CT molecular complexity index is 458. The maximum absolute atomic E-state index is 12.3. The van der Waals surface area contributed by atoms with Crippen LogP contribution in [-0.2, 0) is 19.1 Å². The Kier molecular flexibility index (Phi) is 7.36. The minimum Gasteiger partial charge on any atom is -0.462 e. The van der Waals surface area contributed by atoms with Gasteiger partial charge in [0, 0.05) is 0 Å². The predicted molar refractivity (Wildman–Crippen MR) is 86.2 cm³/mol. The number of carbonyl (C=O) groups excluding carboxylic acids is 2. The Balaban J connectivity index is 2.95. The fourth-order valence-electron chi connectivity index (χ4n) is 2.09. The Hall–Kier alpha value is -1.58. The van der Waals surface area contributed by atoms with Crippen molar-refractivity contribution in [1.82, 2.24) is 0 Å². The molecule has 1 aliphatic carbocycles. The van der Waals surface area contributed by atoms with Crippen molar-refractivity contribution in [3.8, 4) is 0 Å². The molecule has 0 heterocycles. The van der Waals surface area contributed by atoms with Crippen LogP contribution in [0.3, 0.4) is 0 Å². The first-order valence-corrected chi connectivity index (χ1v) is 8.05. The molecule has 1 aliphatic rings. The second-order valence-corrected chi connectivity index (χ2v) is 6.82. The molecule has 0 aliphatic heterocycles. The summed E-state index contributed by atoms with van der Waals surface area (Å²) in [5.41, 5.74) is 0.786. The average molecular weight is 308 g/mol. The van der Waals surface area contributed by atoms with Crippen LogP contribution in [0.25, 0.3) is 0 Å². The van der Waals surface area contributed by atoms with Crippen LogP contribution in [0.5, 0.6) is 0 Å². The highest BCUT2D eigenvalue weighted by atomic mass is 16.5. The minimum atomic E-state index is -0.435. The zero-order chi connectivity index (χ0) is 16.7. The number of esters is 2. The number of ether oxygens (including phenoxy) is 2. The fraction of sp³-hybridized carbons (Fsp3) is 0.667. The maximum Gasteiger partial charge on any atom is 0.338 e.